The average molecular weight is 576 g/mol. The van der Waals surface area contributed by atoms with Crippen LogP contribution >= 0.6 is 0 Å². The largest absolute Gasteiger partial charge is 0.369 e. The fraction of sp³-hybridized carbons (Fsp3) is 0.310. The van der Waals surface area contributed by atoms with Crippen molar-refractivity contribution in [1.82, 2.24) is 24.8 Å². The predicted octanol–water partition coefficient (Wildman–Crippen LogP) is 2.24. The van der Waals surface area contributed by atoms with Gasteiger partial charge < -0.3 is 20.4 Å². The number of carbonyl (C=O) groups excluding carboxylic acids is 1. The standard InChI is InChI=1S/C29H33N7O4S/c1-21(37)30-13-18-41(39,40)26-6-4-3-5-23(26)20-36-27(38)12-7-22-19-31-29(33-28(22)36)32-24-8-10-25(11-9-24)35-16-14-34(2)15-17-35/h3-12,19H,13-18,20H2,1-2H3,(H,30,37)(H,31,32,33). The van der Waals surface area contributed by atoms with Gasteiger partial charge in [-0.25, -0.2) is 13.4 Å². The zero-order chi connectivity index (χ0) is 29.0. The van der Waals surface area contributed by atoms with Gasteiger partial charge in [-0.2, -0.15) is 4.98 Å². The first-order valence-electron chi connectivity index (χ1n) is 13.4. The van der Waals surface area contributed by atoms with Gasteiger partial charge in [-0.1, -0.05) is 18.2 Å². The van der Waals surface area contributed by atoms with Gasteiger partial charge in [-0.15, -0.1) is 0 Å². The minimum Gasteiger partial charge on any atom is -0.369 e. The zero-order valence-corrected chi connectivity index (χ0v) is 23.9. The maximum absolute atomic E-state index is 13.1. The van der Waals surface area contributed by atoms with Crippen LogP contribution in [0.25, 0.3) is 11.0 Å². The summed E-state index contributed by atoms with van der Waals surface area (Å²) in [7, 11) is -1.59. The molecule has 2 aromatic carbocycles. The van der Waals surface area contributed by atoms with Crippen LogP contribution in [-0.2, 0) is 21.2 Å². The number of sulfone groups is 1. The van der Waals surface area contributed by atoms with Gasteiger partial charge >= 0.3 is 0 Å². The van der Waals surface area contributed by atoms with Crippen molar-refractivity contribution in [2.24, 2.45) is 0 Å². The topological polar surface area (TPSA) is 130 Å². The summed E-state index contributed by atoms with van der Waals surface area (Å²) < 4.78 is 27.6. The SMILES string of the molecule is CC(=O)NCCS(=O)(=O)c1ccccc1Cn1c(=O)ccc2cnc(Nc3ccc(N4CCN(C)CC4)cc3)nc21. The lowest BCUT2D eigenvalue weighted by Gasteiger charge is -2.34. The highest BCUT2D eigenvalue weighted by molar-refractivity contribution is 7.91. The Morgan fingerprint density at radius 2 is 1.71 bits per heavy atom. The number of nitrogens with zero attached hydrogens (tertiary/aromatic N) is 5. The van der Waals surface area contributed by atoms with E-state index in [4.69, 9.17) is 0 Å². The van der Waals surface area contributed by atoms with Crippen molar-refractivity contribution in [3.05, 3.63) is 82.8 Å². The van der Waals surface area contributed by atoms with Crippen molar-refractivity contribution in [3.63, 3.8) is 0 Å². The second-order valence-electron chi connectivity index (χ2n) is 10.1. The number of rotatable bonds is 9. The first-order valence-corrected chi connectivity index (χ1v) is 15.1. The number of carbonyl (C=O) groups is 1. The Hall–Kier alpha value is -4.29. The van der Waals surface area contributed by atoms with Crippen LogP contribution in [0.5, 0.6) is 0 Å². The van der Waals surface area contributed by atoms with Gasteiger partial charge in [0.25, 0.3) is 5.56 Å². The summed E-state index contributed by atoms with van der Waals surface area (Å²) in [6.45, 7) is 5.35. The molecule has 0 spiro atoms. The number of likely N-dealkylation sites (N-methyl/N-ethyl adjacent to an activating group) is 1. The van der Waals surface area contributed by atoms with Crippen molar-refractivity contribution in [3.8, 4) is 0 Å². The molecule has 41 heavy (non-hydrogen) atoms. The molecule has 0 aliphatic carbocycles. The maximum Gasteiger partial charge on any atom is 0.252 e. The molecule has 0 atom stereocenters. The molecule has 2 aromatic heterocycles. The Labute approximate surface area is 238 Å². The second-order valence-corrected chi connectivity index (χ2v) is 12.2. The molecule has 214 valence electrons. The van der Waals surface area contributed by atoms with Gasteiger partial charge in [0.15, 0.2) is 9.84 Å². The molecule has 1 aliphatic rings. The van der Waals surface area contributed by atoms with Crippen LogP contribution in [0.3, 0.4) is 0 Å². The van der Waals surface area contributed by atoms with Gasteiger partial charge in [-0.05, 0) is 49.0 Å². The number of amides is 1. The van der Waals surface area contributed by atoms with Crippen LogP contribution in [0.4, 0.5) is 17.3 Å². The van der Waals surface area contributed by atoms with Crippen LogP contribution in [0.15, 0.2) is 76.6 Å². The molecule has 1 aliphatic heterocycles. The molecule has 3 heterocycles. The molecule has 2 N–H and O–H groups in total. The summed E-state index contributed by atoms with van der Waals surface area (Å²) in [6, 6.07) is 17.7. The summed E-state index contributed by atoms with van der Waals surface area (Å²) in [5.74, 6) is -0.232. The molecular weight excluding hydrogens is 542 g/mol. The Balaban J connectivity index is 1.40. The molecule has 1 fully saturated rings. The molecule has 4 aromatic rings. The van der Waals surface area contributed by atoms with E-state index < -0.39 is 9.84 Å². The fourth-order valence-electron chi connectivity index (χ4n) is 4.81. The predicted molar refractivity (Wildman–Crippen MR) is 160 cm³/mol. The van der Waals surface area contributed by atoms with Crippen molar-refractivity contribution in [1.29, 1.82) is 0 Å². The number of anilines is 3. The fourth-order valence-corrected chi connectivity index (χ4v) is 6.22. The van der Waals surface area contributed by atoms with Gasteiger partial charge in [-0.3, -0.25) is 14.2 Å². The number of aromatic nitrogens is 3. The third-order valence-electron chi connectivity index (χ3n) is 7.10. The summed E-state index contributed by atoms with van der Waals surface area (Å²) in [6.07, 6.45) is 1.63. The summed E-state index contributed by atoms with van der Waals surface area (Å²) in [5.41, 5.74) is 2.49. The average Bonchev–Trinajstić information content (AvgIpc) is 2.95. The number of benzene rings is 2. The lowest BCUT2D eigenvalue weighted by Crippen LogP contribution is -2.44. The highest BCUT2D eigenvalue weighted by Crippen LogP contribution is 2.23. The maximum atomic E-state index is 13.1. The van der Waals surface area contributed by atoms with E-state index in [9.17, 15) is 18.0 Å². The number of piperazine rings is 1. The van der Waals surface area contributed by atoms with E-state index in [0.29, 0.717) is 22.5 Å². The van der Waals surface area contributed by atoms with Gasteiger partial charge in [0.2, 0.25) is 11.9 Å². The minimum absolute atomic E-state index is 0.00116. The highest BCUT2D eigenvalue weighted by Gasteiger charge is 2.20. The van der Waals surface area contributed by atoms with Crippen LogP contribution in [0.2, 0.25) is 0 Å². The third-order valence-corrected chi connectivity index (χ3v) is 8.91. The number of hydrogen-bond acceptors (Lipinski definition) is 9. The lowest BCUT2D eigenvalue weighted by molar-refractivity contribution is -0.118. The van der Waals surface area contributed by atoms with E-state index in [-0.39, 0.29) is 35.2 Å². The summed E-state index contributed by atoms with van der Waals surface area (Å²) in [4.78, 5) is 38.0. The highest BCUT2D eigenvalue weighted by atomic mass is 32.2. The lowest BCUT2D eigenvalue weighted by atomic mass is 10.2. The quantitative estimate of drug-likeness (QED) is 0.309. The van der Waals surface area contributed by atoms with Crippen molar-refractivity contribution >= 4 is 44.1 Å². The molecule has 1 amide bonds. The normalized spacial score (nSPS) is 14.2. The smallest absolute Gasteiger partial charge is 0.252 e. The first kappa shape index (κ1) is 28.2. The van der Waals surface area contributed by atoms with E-state index in [2.05, 4.69) is 49.6 Å². The van der Waals surface area contributed by atoms with Gasteiger partial charge in [0.05, 0.1) is 17.2 Å². The zero-order valence-electron chi connectivity index (χ0n) is 23.1. The second kappa shape index (κ2) is 12.1. The molecule has 11 nitrogen and oxygen atoms in total. The van der Waals surface area contributed by atoms with E-state index in [1.807, 2.05) is 12.1 Å². The Bertz CT molecular complexity index is 1710. The molecule has 0 unspecified atom stereocenters. The first-order chi connectivity index (χ1) is 19.7. The van der Waals surface area contributed by atoms with E-state index in [0.717, 1.165) is 37.6 Å². The Morgan fingerprint density at radius 1 is 0.976 bits per heavy atom. The molecule has 5 rings (SSSR count). The number of nitrogens with one attached hydrogen (secondary N) is 2. The molecular formula is C29H33N7O4S. The monoisotopic (exact) mass is 575 g/mol. The Morgan fingerprint density at radius 3 is 2.44 bits per heavy atom. The summed E-state index contributed by atoms with van der Waals surface area (Å²) in [5, 5.41) is 6.38. The van der Waals surface area contributed by atoms with E-state index in [1.54, 1.807) is 30.5 Å². The molecule has 0 saturated carbocycles. The number of hydrogen-bond donors (Lipinski definition) is 2. The molecule has 0 radical (unpaired) electrons. The molecule has 0 bridgehead atoms. The van der Waals surface area contributed by atoms with Crippen LogP contribution in [0.1, 0.15) is 12.5 Å². The van der Waals surface area contributed by atoms with Crippen LogP contribution in [-0.4, -0.2) is 79.3 Å². The third kappa shape index (κ3) is 6.72. The van der Waals surface area contributed by atoms with E-state index in [1.165, 1.54) is 23.6 Å². The Kier molecular flexibility index (Phi) is 8.31. The van der Waals surface area contributed by atoms with Gasteiger partial charge in [0, 0.05) is 68.7 Å². The van der Waals surface area contributed by atoms with Crippen LogP contribution in [0, 0.1) is 0 Å². The number of pyridine rings is 1. The van der Waals surface area contributed by atoms with Crippen LogP contribution < -0.4 is 21.1 Å². The van der Waals surface area contributed by atoms with Crippen molar-refractivity contribution < 1.29 is 13.2 Å². The van der Waals surface area contributed by atoms with Crippen molar-refractivity contribution in [2.75, 3.05) is 55.7 Å². The number of fused-ring (bicyclic) bond motifs is 1. The molecule has 12 heteroatoms. The minimum atomic E-state index is -3.72. The van der Waals surface area contributed by atoms with Gasteiger partial charge in [0.1, 0.15) is 5.65 Å². The van der Waals surface area contributed by atoms with Crippen molar-refractivity contribution in [2.45, 2.75) is 18.4 Å². The molecule has 1 saturated heterocycles. The summed E-state index contributed by atoms with van der Waals surface area (Å²) >= 11 is 0. The van der Waals surface area contributed by atoms with E-state index >= 15 is 0 Å².